The molecule has 1 aliphatic heterocycles. The lowest BCUT2D eigenvalue weighted by molar-refractivity contribution is 0.225. The van der Waals surface area contributed by atoms with Gasteiger partial charge in [0.05, 0.1) is 0 Å². The van der Waals surface area contributed by atoms with Gasteiger partial charge >= 0.3 is 0 Å². The quantitative estimate of drug-likeness (QED) is 0.604. The topological polar surface area (TPSA) is 80.2 Å². The van der Waals surface area contributed by atoms with Gasteiger partial charge < -0.3 is 15.2 Å². The number of nitrogens with one attached hydrogen (secondary N) is 1. The number of hydrogen-bond donors (Lipinski definition) is 2. The van der Waals surface area contributed by atoms with Gasteiger partial charge in [0.2, 0.25) is 11.0 Å². The van der Waals surface area contributed by atoms with Crippen LogP contribution in [-0.4, -0.2) is 26.5 Å². The number of halogens is 1. The van der Waals surface area contributed by atoms with Crippen molar-refractivity contribution in [3.8, 4) is 22.9 Å². The Balaban J connectivity index is 1.87. The molecule has 126 valence electrons. The number of ether oxygens (including phenoxy) is 1. The van der Waals surface area contributed by atoms with E-state index in [1.54, 1.807) is 24.3 Å². The van der Waals surface area contributed by atoms with E-state index in [4.69, 9.17) is 4.74 Å². The molecule has 1 atom stereocenters. The second kappa shape index (κ2) is 6.53. The van der Waals surface area contributed by atoms with Gasteiger partial charge in [-0.1, -0.05) is 27.7 Å². The summed E-state index contributed by atoms with van der Waals surface area (Å²) in [6.07, 6.45) is 1.42. The number of aromatic nitrogens is 3. The molecule has 0 saturated heterocycles. The molecule has 0 bridgehead atoms. The van der Waals surface area contributed by atoms with Crippen LogP contribution in [0.4, 0.5) is 5.69 Å². The first kappa shape index (κ1) is 16.2. The number of nitrogens with zero attached hydrogens (tertiary/aromatic N) is 3. The van der Waals surface area contributed by atoms with Gasteiger partial charge in [-0.3, -0.25) is 0 Å². The van der Waals surface area contributed by atoms with Crippen LogP contribution in [0, 0.1) is 0 Å². The molecule has 2 heterocycles. The van der Waals surface area contributed by atoms with Gasteiger partial charge in [-0.15, -0.1) is 10.2 Å². The van der Waals surface area contributed by atoms with E-state index in [9.17, 15) is 5.11 Å². The lowest BCUT2D eigenvalue weighted by atomic mass is 10.1. The van der Waals surface area contributed by atoms with Crippen LogP contribution in [0.15, 0.2) is 52.1 Å². The first-order valence-electron chi connectivity index (χ1n) is 7.45. The summed E-state index contributed by atoms with van der Waals surface area (Å²) in [5.74, 6) is 0.623. The van der Waals surface area contributed by atoms with Crippen LogP contribution in [-0.2, 0) is 0 Å². The van der Waals surface area contributed by atoms with E-state index >= 15 is 0 Å². The Morgan fingerprint density at radius 3 is 2.72 bits per heavy atom. The molecule has 2 N–H and O–H groups in total. The Bertz CT molecular complexity index is 936. The Kier molecular flexibility index (Phi) is 4.22. The van der Waals surface area contributed by atoms with Crippen LogP contribution < -0.4 is 10.1 Å². The number of aromatic hydroxyl groups is 1. The van der Waals surface area contributed by atoms with E-state index in [1.807, 2.05) is 24.5 Å². The van der Waals surface area contributed by atoms with Crippen molar-refractivity contribution < 1.29 is 9.84 Å². The number of anilines is 1. The molecule has 1 aromatic heterocycles. The molecule has 0 aliphatic carbocycles. The second-order valence-corrected chi connectivity index (χ2v) is 7.06. The summed E-state index contributed by atoms with van der Waals surface area (Å²) < 4.78 is 7.04. The molecule has 1 aliphatic rings. The third kappa shape index (κ3) is 3.14. The number of benzene rings is 2. The van der Waals surface area contributed by atoms with Gasteiger partial charge in [-0.05, 0) is 48.7 Å². The maximum atomic E-state index is 9.53. The summed E-state index contributed by atoms with van der Waals surface area (Å²) in [7, 11) is 0. The van der Waals surface area contributed by atoms with E-state index < -0.39 is 6.23 Å². The Morgan fingerprint density at radius 1 is 1.16 bits per heavy atom. The number of phenolic OH excluding ortho intramolecular Hbond substituents is 1. The first-order valence-corrected chi connectivity index (χ1v) is 9.46. The van der Waals surface area contributed by atoms with Gasteiger partial charge in [0, 0.05) is 21.3 Å². The predicted octanol–water partition coefficient (Wildman–Crippen LogP) is 4.23. The van der Waals surface area contributed by atoms with Crippen molar-refractivity contribution in [1.82, 2.24) is 15.2 Å². The summed E-state index contributed by atoms with van der Waals surface area (Å²) in [6, 6.07) is 12.7. The molecule has 25 heavy (non-hydrogen) atoms. The Hall–Kier alpha value is -2.32. The highest BCUT2D eigenvalue weighted by Gasteiger charge is 2.26. The normalized spacial score (nSPS) is 15.4. The molecular weight excluding hydrogens is 404 g/mol. The van der Waals surface area contributed by atoms with Crippen molar-refractivity contribution in [3.63, 3.8) is 0 Å². The van der Waals surface area contributed by atoms with E-state index in [-0.39, 0.29) is 5.75 Å². The number of thioether (sulfide) groups is 1. The van der Waals surface area contributed by atoms with E-state index in [0.29, 0.717) is 16.7 Å². The van der Waals surface area contributed by atoms with Crippen LogP contribution in [0.5, 0.6) is 11.6 Å². The molecule has 4 rings (SSSR count). The summed E-state index contributed by atoms with van der Waals surface area (Å²) in [5, 5.41) is 21.9. The monoisotopic (exact) mass is 416 g/mol. The molecule has 8 heteroatoms. The minimum atomic E-state index is -0.465. The van der Waals surface area contributed by atoms with Crippen molar-refractivity contribution >= 4 is 33.4 Å². The highest BCUT2D eigenvalue weighted by atomic mass is 79.9. The van der Waals surface area contributed by atoms with Crippen molar-refractivity contribution in [3.05, 3.63) is 52.5 Å². The van der Waals surface area contributed by atoms with E-state index in [2.05, 4.69) is 36.4 Å². The molecule has 0 amide bonds. The fraction of sp³-hybridized carbons (Fsp3) is 0.118. The molecule has 0 spiro atoms. The number of rotatable bonds is 2. The minimum absolute atomic E-state index is 0.204. The second-order valence-electron chi connectivity index (χ2n) is 5.38. The lowest BCUT2D eigenvalue weighted by Gasteiger charge is -2.19. The van der Waals surface area contributed by atoms with Crippen molar-refractivity contribution in [2.24, 2.45) is 0 Å². The predicted molar refractivity (Wildman–Crippen MR) is 99.8 cm³/mol. The SMILES string of the molecule is CSc1nnc2c(n1)O[C@H](c1ccc(O)cc1)Nc1ccc(Br)cc1-2. The van der Waals surface area contributed by atoms with Gasteiger partial charge in [0.25, 0.3) is 0 Å². The molecule has 6 nitrogen and oxygen atoms in total. The zero-order valence-electron chi connectivity index (χ0n) is 13.1. The third-order valence-electron chi connectivity index (χ3n) is 3.77. The zero-order chi connectivity index (χ0) is 17.4. The van der Waals surface area contributed by atoms with Gasteiger partial charge in [-0.25, -0.2) is 0 Å². The van der Waals surface area contributed by atoms with Gasteiger partial charge in [0.1, 0.15) is 5.75 Å². The number of phenols is 1. The zero-order valence-corrected chi connectivity index (χ0v) is 15.5. The summed E-state index contributed by atoms with van der Waals surface area (Å²) in [4.78, 5) is 4.48. The summed E-state index contributed by atoms with van der Waals surface area (Å²) in [6.45, 7) is 0. The Morgan fingerprint density at radius 2 is 1.96 bits per heavy atom. The summed E-state index contributed by atoms with van der Waals surface area (Å²) in [5.41, 5.74) is 3.18. The standard InChI is InChI=1S/C17H13BrN4O2S/c1-25-17-20-16-14(21-22-17)12-8-10(18)4-7-13(12)19-15(24-16)9-2-5-11(23)6-3-9/h2-8,15,19,23H,1H3/t15-/m1/s1. The average molecular weight is 417 g/mol. The molecule has 0 radical (unpaired) electrons. The van der Waals surface area contributed by atoms with Crippen molar-refractivity contribution in [1.29, 1.82) is 0 Å². The van der Waals surface area contributed by atoms with Crippen molar-refractivity contribution in [2.45, 2.75) is 11.4 Å². The van der Waals surface area contributed by atoms with Crippen LogP contribution >= 0.6 is 27.7 Å². The van der Waals surface area contributed by atoms with E-state index in [0.717, 1.165) is 21.3 Å². The maximum absolute atomic E-state index is 9.53. The average Bonchev–Trinajstić information content (AvgIpc) is 2.78. The molecule has 0 fully saturated rings. The lowest BCUT2D eigenvalue weighted by Crippen LogP contribution is -2.17. The molecule has 2 aromatic carbocycles. The van der Waals surface area contributed by atoms with Crippen LogP contribution in [0.3, 0.4) is 0 Å². The van der Waals surface area contributed by atoms with Crippen LogP contribution in [0.25, 0.3) is 11.3 Å². The van der Waals surface area contributed by atoms with Gasteiger partial charge in [-0.2, -0.15) is 4.98 Å². The number of fused-ring (bicyclic) bond motifs is 3. The third-order valence-corrected chi connectivity index (χ3v) is 4.80. The van der Waals surface area contributed by atoms with Gasteiger partial charge in [0.15, 0.2) is 11.9 Å². The molecule has 0 unspecified atom stereocenters. The van der Waals surface area contributed by atoms with E-state index in [1.165, 1.54) is 11.8 Å². The first-order chi connectivity index (χ1) is 12.1. The number of hydrogen-bond acceptors (Lipinski definition) is 7. The highest BCUT2D eigenvalue weighted by Crippen LogP contribution is 2.40. The van der Waals surface area contributed by atoms with Crippen LogP contribution in [0.1, 0.15) is 11.8 Å². The largest absolute Gasteiger partial charge is 0.508 e. The molecule has 3 aromatic rings. The molecular formula is C17H13BrN4O2S. The fourth-order valence-electron chi connectivity index (χ4n) is 2.56. The van der Waals surface area contributed by atoms with Crippen molar-refractivity contribution in [2.75, 3.05) is 11.6 Å². The van der Waals surface area contributed by atoms with Crippen LogP contribution in [0.2, 0.25) is 0 Å². The smallest absolute Gasteiger partial charge is 0.247 e. The summed E-state index contributed by atoms with van der Waals surface area (Å²) >= 11 is 4.90. The molecule has 0 saturated carbocycles. The minimum Gasteiger partial charge on any atom is -0.508 e. The Labute approximate surface area is 156 Å². The highest BCUT2D eigenvalue weighted by molar-refractivity contribution is 9.10. The maximum Gasteiger partial charge on any atom is 0.247 e. The fourth-order valence-corrected chi connectivity index (χ4v) is 3.21.